The molecule has 0 radical (unpaired) electrons. The van der Waals surface area contributed by atoms with Gasteiger partial charge in [0.1, 0.15) is 5.75 Å². The van der Waals surface area contributed by atoms with Crippen molar-refractivity contribution in [3.8, 4) is 17.2 Å². The predicted octanol–water partition coefficient (Wildman–Crippen LogP) is 4.15. The van der Waals surface area contributed by atoms with Crippen molar-refractivity contribution in [1.82, 2.24) is 10.2 Å². The van der Waals surface area contributed by atoms with Crippen molar-refractivity contribution < 1.29 is 23.8 Å². The van der Waals surface area contributed by atoms with Crippen molar-refractivity contribution in [2.75, 3.05) is 34.4 Å². The van der Waals surface area contributed by atoms with Crippen LogP contribution in [-0.2, 0) is 16.0 Å². The van der Waals surface area contributed by atoms with Crippen LogP contribution < -0.4 is 19.5 Å². The van der Waals surface area contributed by atoms with Gasteiger partial charge < -0.3 is 24.4 Å². The molecule has 1 saturated heterocycles. The molecule has 7 nitrogen and oxygen atoms in total. The van der Waals surface area contributed by atoms with E-state index in [1.54, 1.807) is 21.3 Å². The van der Waals surface area contributed by atoms with Gasteiger partial charge in [0.15, 0.2) is 11.5 Å². The highest BCUT2D eigenvalue weighted by atomic mass is 16.5. The van der Waals surface area contributed by atoms with Crippen LogP contribution in [0.4, 0.5) is 0 Å². The Morgan fingerprint density at radius 3 is 2.47 bits per heavy atom. The van der Waals surface area contributed by atoms with Crippen LogP contribution >= 0.6 is 0 Å². The fraction of sp³-hybridized carbons (Fsp3) is 0.481. The second-order valence-corrected chi connectivity index (χ2v) is 8.50. The second kappa shape index (κ2) is 12.3. The molecule has 1 aliphatic rings. The number of nitrogens with one attached hydrogen (secondary N) is 1. The zero-order chi connectivity index (χ0) is 24.5. The molecule has 1 heterocycles. The summed E-state index contributed by atoms with van der Waals surface area (Å²) in [6, 6.07) is 13.1. The average Bonchev–Trinajstić information content (AvgIpc) is 2.87. The maximum atomic E-state index is 13.4. The molecule has 1 aliphatic heterocycles. The number of hydrogen-bond acceptors (Lipinski definition) is 5. The first-order valence-electron chi connectivity index (χ1n) is 11.9. The van der Waals surface area contributed by atoms with Gasteiger partial charge in [-0.25, -0.2) is 0 Å². The topological polar surface area (TPSA) is 77.1 Å². The number of nitrogens with zero attached hydrogens (tertiary/aromatic N) is 1. The molecular weight excluding hydrogens is 432 g/mol. The Morgan fingerprint density at radius 2 is 1.76 bits per heavy atom. The Balaban J connectivity index is 1.77. The number of para-hydroxylation sites is 1. The van der Waals surface area contributed by atoms with Gasteiger partial charge in [-0.3, -0.25) is 9.59 Å². The fourth-order valence-corrected chi connectivity index (χ4v) is 4.61. The number of ether oxygens (including phenoxy) is 3. The van der Waals surface area contributed by atoms with E-state index >= 15 is 0 Å². The van der Waals surface area contributed by atoms with Gasteiger partial charge in [-0.05, 0) is 43.0 Å². The number of amides is 2. The smallest absolute Gasteiger partial charge is 0.225 e. The number of carbonyl (C=O) groups excluding carboxylic acids is 2. The number of methoxy groups -OCH3 is 3. The summed E-state index contributed by atoms with van der Waals surface area (Å²) in [6.07, 6.45) is 3.43. The van der Waals surface area contributed by atoms with Crippen molar-refractivity contribution in [3.63, 3.8) is 0 Å². The molecule has 184 valence electrons. The molecule has 2 aromatic carbocycles. The second-order valence-electron chi connectivity index (χ2n) is 8.50. The van der Waals surface area contributed by atoms with E-state index in [0.29, 0.717) is 49.6 Å². The Hall–Kier alpha value is -3.22. The third-order valence-corrected chi connectivity index (χ3v) is 6.41. The summed E-state index contributed by atoms with van der Waals surface area (Å²) in [5.41, 5.74) is 1.93. The molecule has 2 aromatic rings. The minimum absolute atomic E-state index is 0.0367. The summed E-state index contributed by atoms with van der Waals surface area (Å²) in [4.78, 5) is 28.2. The summed E-state index contributed by atoms with van der Waals surface area (Å²) >= 11 is 0. The minimum atomic E-state index is -0.343. The zero-order valence-corrected chi connectivity index (χ0v) is 20.6. The number of unbranched alkanes of at least 4 members (excludes halogenated alkanes) is 1. The van der Waals surface area contributed by atoms with E-state index in [0.717, 1.165) is 24.0 Å². The van der Waals surface area contributed by atoms with Gasteiger partial charge in [0.05, 0.1) is 33.3 Å². The number of likely N-dealkylation sites (tertiary alicyclic amines) is 1. The SMILES string of the molecule is CCCCN1C(=O)CCC(C(=O)NCCc2ccc(OC)c(OC)c2)C1c1ccccc1OC. The monoisotopic (exact) mass is 468 g/mol. The zero-order valence-electron chi connectivity index (χ0n) is 20.6. The number of piperidine rings is 1. The molecule has 2 amide bonds. The molecule has 2 atom stereocenters. The van der Waals surface area contributed by atoms with E-state index in [-0.39, 0.29) is 23.8 Å². The van der Waals surface area contributed by atoms with Crippen LogP contribution in [-0.4, -0.2) is 51.1 Å². The van der Waals surface area contributed by atoms with Gasteiger partial charge in [0, 0.05) is 25.1 Å². The quantitative estimate of drug-likeness (QED) is 0.536. The van der Waals surface area contributed by atoms with Crippen LogP contribution in [0.1, 0.15) is 49.8 Å². The maximum Gasteiger partial charge on any atom is 0.225 e. The lowest BCUT2D eigenvalue weighted by molar-refractivity contribution is -0.143. The van der Waals surface area contributed by atoms with Gasteiger partial charge in [0.25, 0.3) is 0 Å². The molecule has 1 fully saturated rings. The first-order chi connectivity index (χ1) is 16.5. The Labute approximate surface area is 202 Å². The number of hydrogen-bond donors (Lipinski definition) is 1. The van der Waals surface area contributed by atoms with E-state index in [9.17, 15) is 9.59 Å². The molecule has 7 heteroatoms. The highest BCUT2D eigenvalue weighted by Gasteiger charge is 2.41. The van der Waals surface area contributed by atoms with Gasteiger partial charge in [-0.15, -0.1) is 0 Å². The summed E-state index contributed by atoms with van der Waals surface area (Å²) in [5.74, 6) is 1.76. The van der Waals surface area contributed by atoms with Gasteiger partial charge in [-0.2, -0.15) is 0 Å². The lowest BCUT2D eigenvalue weighted by atomic mass is 9.83. The third kappa shape index (κ3) is 5.82. The molecule has 0 saturated carbocycles. The molecule has 1 N–H and O–H groups in total. The van der Waals surface area contributed by atoms with E-state index in [1.165, 1.54) is 0 Å². The molecule has 0 bridgehead atoms. The predicted molar refractivity (Wildman–Crippen MR) is 131 cm³/mol. The Morgan fingerprint density at radius 1 is 1.03 bits per heavy atom. The van der Waals surface area contributed by atoms with Crippen LogP contribution in [0.3, 0.4) is 0 Å². The van der Waals surface area contributed by atoms with E-state index in [1.807, 2.05) is 47.4 Å². The van der Waals surface area contributed by atoms with E-state index < -0.39 is 0 Å². The van der Waals surface area contributed by atoms with Crippen LogP contribution in [0.15, 0.2) is 42.5 Å². The molecule has 34 heavy (non-hydrogen) atoms. The lowest BCUT2D eigenvalue weighted by Crippen LogP contribution is -2.48. The summed E-state index contributed by atoms with van der Waals surface area (Å²) in [5, 5.41) is 3.11. The van der Waals surface area contributed by atoms with E-state index in [2.05, 4.69) is 12.2 Å². The Bertz CT molecular complexity index is 977. The van der Waals surface area contributed by atoms with Crippen LogP contribution in [0.25, 0.3) is 0 Å². The van der Waals surface area contributed by atoms with Crippen LogP contribution in [0, 0.1) is 5.92 Å². The molecule has 3 rings (SSSR count). The first kappa shape index (κ1) is 25.4. The molecule has 2 unspecified atom stereocenters. The Kier molecular flexibility index (Phi) is 9.19. The first-order valence-corrected chi connectivity index (χ1v) is 11.9. The van der Waals surface area contributed by atoms with Gasteiger partial charge in [0.2, 0.25) is 11.8 Å². The molecule has 0 aliphatic carbocycles. The molecule has 0 spiro atoms. The largest absolute Gasteiger partial charge is 0.496 e. The molecular formula is C27H36N2O5. The van der Waals surface area contributed by atoms with Crippen molar-refractivity contribution in [2.45, 2.75) is 45.1 Å². The standard InChI is InChI=1S/C27H36N2O5/c1-5-6-17-29-25(30)14-12-21(26(29)20-9-7-8-10-22(20)32-2)27(31)28-16-15-19-11-13-23(33-3)24(18-19)34-4/h7-11,13,18,21,26H,5-6,12,14-17H2,1-4H3,(H,28,31). The maximum absolute atomic E-state index is 13.4. The number of rotatable bonds is 11. The van der Waals surface area contributed by atoms with E-state index in [4.69, 9.17) is 14.2 Å². The molecule has 0 aromatic heterocycles. The summed E-state index contributed by atoms with van der Waals surface area (Å²) < 4.78 is 16.3. The average molecular weight is 469 g/mol. The number of benzene rings is 2. The highest BCUT2D eigenvalue weighted by molar-refractivity contribution is 5.85. The van der Waals surface area contributed by atoms with Gasteiger partial charge in [-0.1, -0.05) is 37.6 Å². The van der Waals surface area contributed by atoms with Crippen LogP contribution in [0.5, 0.6) is 17.2 Å². The van der Waals surface area contributed by atoms with Crippen molar-refractivity contribution >= 4 is 11.8 Å². The normalized spacial score (nSPS) is 17.9. The van der Waals surface area contributed by atoms with Crippen molar-refractivity contribution in [1.29, 1.82) is 0 Å². The number of carbonyl (C=O) groups is 2. The van der Waals surface area contributed by atoms with Crippen molar-refractivity contribution in [3.05, 3.63) is 53.6 Å². The summed E-state index contributed by atoms with van der Waals surface area (Å²) in [7, 11) is 4.84. The highest BCUT2D eigenvalue weighted by Crippen LogP contribution is 2.40. The minimum Gasteiger partial charge on any atom is -0.496 e. The fourth-order valence-electron chi connectivity index (χ4n) is 4.61. The van der Waals surface area contributed by atoms with Gasteiger partial charge >= 0.3 is 0 Å². The van der Waals surface area contributed by atoms with Crippen LogP contribution in [0.2, 0.25) is 0 Å². The third-order valence-electron chi connectivity index (χ3n) is 6.41. The summed E-state index contributed by atoms with van der Waals surface area (Å²) in [6.45, 7) is 3.23. The van der Waals surface area contributed by atoms with Crippen molar-refractivity contribution in [2.24, 2.45) is 5.92 Å². The lowest BCUT2D eigenvalue weighted by Gasteiger charge is -2.41.